The smallest absolute Gasteiger partial charge is 0.240 e. The number of nitrogens with one attached hydrogen (secondary N) is 1. The Kier molecular flexibility index (Phi) is 3.63. The van der Waals surface area contributed by atoms with Crippen LogP contribution in [0.2, 0.25) is 0 Å². The van der Waals surface area contributed by atoms with Crippen molar-refractivity contribution < 1.29 is 17.5 Å². The molecule has 0 saturated carbocycles. The van der Waals surface area contributed by atoms with Crippen molar-refractivity contribution in [3.05, 3.63) is 41.7 Å². The second-order valence-corrected chi connectivity index (χ2v) is 8.04. The molecule has 1 N–H and O–H groups in total. The predicted octanol–water partition coefficient (Wildman–Crippen LogP) is 3.06. The van der Waals surface area contributed by atoms with E-state index in [-0.39, 0.29) is 17.1 Å². The van der Waals surface area contributed by atoms with Gasteiger partial charge in [0, 0.05) is 16.9 Å². The minimum Gasteiger partial charge on any atom is -0.356 e. The molecule has 0 aliphatic rings. The van der Waals surface area contributed by atoms with Gasteiger partial charge in [-0.1, -0.05) is 43.2 Å². The fourth-order valence-electron chi connectivity index (χ4n) is 2.09. The van der Waals surface area contributed by atoms with Crippen LogP contribution in [0.5, 0.6) is 0 Å². The Morgan fingerprint density at radius 1 is 1.13 bits per heavy atom. The molecular formula is C15H17N3O4S. The van der Waals surface area contributed by atoms with Gasteiger partial charge >= 0.3 is 0 Å². The van der Waals surface area contributed by atoms with Gasteiger partial charge in [0.25, 0.3) is 0 Å². The number of para-hydroxylation sites is 1. The highest BCUT2D eigenvalue weighted by molar-refractivity contribution is 7.91. The summed E-state index contributed by atoms with van der Waals surface area (Å²) in [7, 11) is -3.69. The van der Waals surface area contributed by atoms with E-state index in [1.54, 1.807) is 30.3 Å². The lowest BCUT2D eigenvalue weighted by Gasteiger charge is -2.12. The molecule has 2 heterocycles. The maximum absolute atomic E-state index is 12.3. The van der Waals surface area contributed by atoms with E-state index < -0.39 is 10.0 Å². The summed E-state index contributed by atoms with van der Waals surface area (Å²) in [5.41, 5.74) is 1.34. The van der Waals surface area contributed by atoms with Crippen LogP contribution in [0.15, 0.2) is 39.4 Å². The lowest BCUT2D eigenvalue weighted by molar-refractivity contribution is 0.405. The molecule has 0 bridgehead atoms. The van der Waals surface area contributed by atoms with Crippen LogP contribution in [0.4, 0.5) is 5.88 Å². The van der Waals surface area contributed by atoms with Crippen molar-refractivity contribution in [1.29, 1.82) is 0 Å². The standard InChI is InChI=1S/C15H17N3O4S/c1-15(2,3)13-8-14(22-17-13)18-23(19,20)9-11-10-6-4-5-7-12(10)21-16-11/h4-8,18H,9H2,1-3H3. The minimum atomic E-state index is -3.69. The van der Waals surface area contributed by atoms with Gasteiger partial charge in [-0.05, 0) is 12.1 Å². The number of fused-ring (bicyclic) bond motifs is 1. The fraction of sp³-hybridized carbons (Fsp3) is 0.333. The monoisotopic (exact) mass is 335 g/mol. The van der Waals surface area contributed by atoms with Gasteiger partial charge in [0.2, 0.25) is 15.9 Å². The van der Waals surface area contributed by atoms with E-state index in [0.717, 1.165) is 0 Å². The molecular weight excluding hydrogens is 318 g/mol. The van der Waals surface area contributed by atoms with Crippen LogP contribution >= 0.6 is 0 Å². The topological polar surface area (TPSA) is 98.2 Å². The van der Waals surface area contributed by atoms with Gasteiger partial charge in [0.15, 0.2) is 5.58 Å². The molecule has 0 saturated heterocycles. The molecule has 3 rings (SSSR count). The molecule has 2 aromatic heterocycles. The zero-order valence-electron chi connectivity index (χ0n) is 13.0. The van der Waals surface area contributed by atoms with Crippen LogP contribution in [-0.4, -0.2) is 18.7 Å². The van der Waals surface area contributed by atoms with Crippen molar-refractivity contribution in [2.45, 2.75) is 31.9 Å². The van der Waals surface area contributed by atoms with Crippen LogP contribution in [0.25, 0.3) is 11.0 Å². The molecule has 0 aliphatic heterocycles. The summed E-state index contributed by atoms with van der Waals surface area (Å²) in [6, 6.07) is 8.68. The number of anilines is 1. The number of hydrogen-bond donors (Lipinski definition) is 1. The Balaban J connectivity index is 1.81. The van der Waals surface area contributed by atoms with E-state index in [1.807, 2.05) is 20.8 Å². The molecule has 0 amide bonds. The predicted molar refractivity (Wildman–Crippen MR) is 85.5 cm³/mol. The Labute approximate surface area is 133 Å². The summed E-state index contributed by atoms with van der Waals surface area (Å²) in [4.78, 5) is 0. The average Bonchev–Trinajstić information content (AvgIpc) is 3.05. The molecule has 0 atom stereocenters. The molecule has 7 nitrogen and oxygen atoms in total. The first-order valence-electron chi connectivity index (χ1n) is 7.05. The quantitative estimate of drug-likeness (QED) is 0.787. The molecule has 122 valence electrons. The number of hydrogen-bond acceptors (Lipinski definition) is 6. The maximum atomic E-state index is 12.3. The molecule has 23 heavy (non-hydrogen) atoms. The molecule has 3 aromatic rings. The van der Waals surface area contributed by atoms with E-state index in [0.29, 0.717) is 22.4 Å². The summed E-state index contributed by atoms with van der Waals surface area (Å²) >= 11 is 0. The zero-order valence-corrected chi connectivity index (χ0v) is 13.8. The summed E-state index contributed by atoms with van der Waals surface area (Å²) in [5, 5.41) is 8.38. The lowest BCUT2D eigenvalue weighted by Crippen LogP contribution is -2.15. The van der Waals surface area contributed by atoms with Crippen LogP contribution in [-0.2, 0) is 21.2 Å². The Morgan fingerprint density at radius 2 is 1.87 bits per heavy atom. The largest absolute Gasteiger partial charge is 0.356 e. The van der Waals surface area contributed by atoms with Crippen molar-refractivity contribution in [3.63, 3.8) is 0 Å². The molecule has 0 fully saturated rings. The highest BCUT2D eigenvalue weighted by atomic mass is 32.2. The molecule has 1 aromatic carbocycles. The van der Waals surface area contributed by atoms with Crippen molar-refractivity contribution in [1.82, 2.24) is 10.3 Å². The van der Waals surface area contributed by atoms with Crippen molar-refractivity contribution >= 4 is 26.9 Å². The Morgan fingerprint density at radius 3 is 2.57 bits per heavy atom. The number of sulfonamides is 1. The van der Waals surface area contributed by atoms with Crippen LogP contribution in [0, 0.1) is 0 Å². The first-order chi connectivity index (χ1) is 10.7. The van der Waals surface area contributed by atoms with Crippen LogP contribution in [0.1, 0.15) is 32.2 Å². The summed E-state index contributed by atoms with van der Waals surface area (Å²) in [5.74, 6) is -0.224. The molecule has 0 radical (unpaired) electrons. The summed E-state index contributed by atoms with van der Waals surface area (Å²) in [6.07, 6.45) is 0. The highest BCUT2D eigenvalue weighted by Crippen LogP contribution is 2.25. The third kappa shape index (κ3) is 3.37. The van der Waals surface area contributed by atoms with E-state index in [4.69, 9.17) is 9.05 Å². The number of nitrogens with zero attached hydrogens (tertiary/aromatic N) is 2. The molecule has 0 aliphatic carbocycles. The van der Waals surface area contributed by atoms with Crippen molar-refractivity contribution in [2.24, 2.45) is 0 Å². The van der Waals surface area contributed by atoms with Crippen LogP contribution < -0.4 is 4.72 Å². The lowest BCUT2D eigenvalue weighted by atomic mass is 9.92. The van der Waals surface area contributed by atoms with Gasteiger partial charge < -0.3 is 9.05 Å². The zero-order chi connectivity index (χ0) is 16.7. The second kappa shape index (κ2) is 5.38. The minimum absolute atomic E-state index is 0.0859. The normalized spacial score (nSPS) is 12.7. The number of rotatable bonds is 4. The van der Waals surface area contributed by atoms with Gasteiger partial charge in [-0.25, -0.2) is 8.42 Å². The maximum Gasteiger partial charge on any atom is 0.240 e. The van der Waals surface area contributed by atoms with Gasteiger partial charge in [-0.2, -0.15) is 0 Å². The summed E-state index contributed by atoms with van der Waals surface area (Å²) in [6.45, 7) is 5.89. The Hall–Kier alpha value is -2.35. The number of benzene rings is 1. The first kappa shape index (κ1) is 15.5. The van der Waals surface area contributed by atoms with Crippen molar-refractivity contribution in [2.75, 3.05) is 4.72 Å². The van der Waals surface area contributed by atoms with E-state index in [9.17, 15) is 8.42 Å². The van der Waals surface area contributed by atoms with E-state index in [1.165, 1.54) is 0 Å². The SMILES string of the molecule is CC(C)(C)c1cc(NS(=O)(=O)Cc2noc3ccccc23)on1. The fourth-order valence-corrected chi connectivity index (χ4v) is 3.13. The van der Waals surface area contributed by atoms with Gasteiger partial charge in [0.05, 0.1) is 5.69 Å². The Bertz CT molecular complexity index is 935. The average molecular weight is 335 g/mol. The third-order valence-corrected chi connectivity index (χ3v) is 4.48. The first-order valence-corrected chi connectivity index (χ1v) is 8.71. The van der Waals surface area contributed by atoms with Crippen molar-refractivity contribution in [3.8, 4) is 0 Å². The van der Waals surface area contributed by atoms with Gasteiger partial charge in [-0.3, -0.25) is 4.72 Å². The third-order valence-electron chi connectivity index (χ3n) is 3.31. The molecule has 8 heteroatoms. The number of aromatic nitrogens is 2. The van der Waals surface area contributed by atoms with E-state index >= 15 is 0 Å². The second-order valence-electron chi connectivity index (χ2n) is 6.31. The van der Waals surface area contributed by atoms with Gasteiger partial charge in [-0.15, -0.1) is 0 Å². The van der Waals surface area contributed by atoms with E-state index in [2.05, 4.69) is 15.0 Å². The molecule has 0 spiro atoms. The molecule has 0 unspecified atom stereocenters. The van der Waals surface area contributed by atoms with Gasteiger partial charge in [0.1, 0.15) is 11.4 Å². The highest BCUT2D eigenvalue weighted by Gasteiger charge is 2.22. The summed E-state index contributed by atoms with van der Waals surface area (Å²) < 4.78 is 37.1. The van der Waals surface area contributed by atoms with Crippen LogP contribution in [0.3, 0.4) is 0 Å².